The van der Waals surface area contributed by atoms with Crippen LogP contribution in [0.3, 0.4) is 0 Å². The molecule has 0 spiro atoms. The Kier molecular flexibility index (Phi) is 4.88. The summed E-state index contributed by atoms with van der Waals surface area (Å²) in [7, 11) is 1.79. The van der Waals surface area contributed by atoms with Crippen molar-refractivity contribution < 1.29 is 9.53 Å². The van der Waals surface area contributed by atoms with Gasteiger partial charge in [-0.1, -0.05) is 30.3 Å². The summed E-state index contributed by atoms with van der Waals surface area (Å²) in [5.41, 5.74) is 1.09. The van der Waals surface area contributed by atoms with Crippen molar-refractivity contribution in [2.24, 2.45) is 0 Å². The van der Waals surface area contributed by atoms with Gasteiger partial charge in [0.25, 0.3) is 0 Å². The van der Waals surface area contributed by atoms with Gasteiger partial charge in [-0.3, -0.25) is 4.90 Å². The van der Waals surface area contributed by atoms with Crippen molar-refractivity contribution in [3.05, 3.63) is 35.9 Å². The van der Waals surface area contributed by atoms with Crippen LogP contribution in [-0.4, -0.2) is 47.7 Å². The Morgan fingerprint density at radius 2 is 2.00 bits per heavy atom. The monoisotopic (exact) mass is 290 g/mol. The van der Waals surface area contributed by atoms with Crippen molar-refractivity contribution >= 4 is 6.09 Å². The Balaban J connectivity index is 1.82. The number of carbonyl (C=O) groups is 1. The van der Waals surface area contributed by atoms with E-state index in [4.69, 9.17) is 4.74 Å². The highest BCUT2D eigenvalue weighted by atomic mass is 16.6. The Bertz CT molecular complexity index is 467. The van der Waals surface area contributed by atoms with Crippen molar-refractivity contribution in [1.29, 1.82) is 0 Å². The van der Waals surface area contributed by atoms with Crippen molar-refractivity contribution in [2.75, 3.05) is 20.1 Å². The van der Waals surface area contributed by atoms with E-state index in [1.54, 1.807) is 11.9 Å². The number of carbonyl (C=O) groups excluding carboxylic acids is 1. The van der Waals surface area contributed by atoms with Crippen LogP contribution in [0.2, 0.25) is 0 Å². The third kappa shape index (κ3) is 4.46. The number of nitrogens with zero attached hydrogens (tertiary/aromatic N) is 2. The van der Waals surface area contributed by atoms with E-state index in [1.807, 2.05) is 26.8 Å². The third-order valence-electron chi connectivity index (χ3n) is 4.03. The van der Waals surface area contributed by atoms with E-state index in [0.717, 1.165) is 26.1 Å². The van der Waals surface area contributed by atoms with Crippen LogP contribution in [0.15, 0.2) is 30.3 Å². The van der Waals surface area contributed by atoms with Gasteiger partial charge in [-0.25, -0.2) is 4.79 Å². The molecule has 4 heteroatoms. The molecule has 1 aromatic rings. The molecule has 0 radical (unpaired) electrons. The van der Waals surface area contributed by atoms with Gasteiger partial charge in [0, 0.05) is 32.2 Å². The van der Waals surface area contributed by atoms with Crippen molar-refractivity contribution in [3.8, 4) is 0 Å². The molecule has 0 aliphatic carbocycles. The molecule has 0 aromatic heterocycles. The van der Waals surface area contributed by atoms with Gasteiger partial charge in [0.15, 0.2) is 0 Å². The summed E-state index contributed by atoms with van der Waals surface area (Å²) < 4.78 is 5.61. The molecule has 1 aliphatic heterocycles. The molecule has 0 N–H and O–H groups in total. The number of rotatable bonds is 3. The molecule has 1 atom stereocenters. The zero-order valence-corrected chi connectivity index (χ0v) is 13.5. The van der Waals surface area contributed by atoms with Crippen LogP contribution in [0.4, 0.5) is 4.79 Å². The Hall–Kier alpha value is -1.55. The first-order chi connectivity index (χ1) is 9.86. The molecule has 2 rings (SSSR count). The molecule has 1 aromatic carbocycles. The molecule has 1 aliphatic rings. The average molecular weight is 290 g/mol. The first kappa shape index (κ1) is 15.8. The van der Waals surface area contributed by atoms with Crippen LogP contribution >= 0.6 is 0 Å². The number of ether oxygens (including phenoxy) is 1. The van der Waals surface area contributed by atoms with Gasteiger partial charge in [-0.05, 0) is 32.8 Å². The highest BCUT2D eigenvalue weighted by molar-refractivity contribution is 5.68. The van der Waals surface area contributed by atoms with Crippen molar-refractivity contribution in [3.63, 3.8) is 0 Å². The lowest BCUT2D eigenvalue weighted by Crippen LogP contribution is -2.44. The SMILES string of the molecule is CN(C(=O)OC1CCN(Cc2ccccc2)C1)C(C)(C)C. The molecule has 116 valence electrons. The largest absolute Gasteiger partial charge is 0.445 e. The topological polar surface area (TPSA) is 32.8 Å². The van der Waals surface area contributed by atoms with Gasteiger partial charge < -0.3 is 9.64 Å². The van der Waals surface area contributed by atoms with Crippen molar-refractivity contribution in [2.45, 2.75) is 45.4 Å². The predicted octanol–water partition coefficient (Wildman–Crippen LogP) is 3.13. The fraction of sp³-hybridized carbons (Fsp3) is 0.588. The molecule has 1 heterocycles. The maximum atomic E-state index is 12.1. The number of likely N-dealkylation sites (tertiary alicyclic amines) is 1. The van der Waals surface area contributed by atoms with E-state index in [-0.39, 0.29) is 17.7 Å². The molecular formula is C17H26N2O2. The lowest BCUT2D eigenvalue weighted by atomic mass is 10.1. The minimum atomic E-state index is -0.228. The molecule has 4 nitrogen and oxygen atoms in total. The normalized spacial score (nSPS) is 19.5. The van der Waals surface area contributed by atoms with E-state index in [9.17, 15) is 4.79 Å². The maximum absolute atomic E-state index is 12.1. The lowest BCUT2D eigenvalue weighted by Gasteiger charge is -2.32. The van der Waals surface area contributed by atoms with E-state index in [2.05, 4.69) is 29.2 Å². The molecule has 1 fully saturated rings. The van der Waals surface area contributed by atoms with Gasteiger partial charge in [0.05, 0.1) is 0 Å². The highest BCUT2D eigenvalue weighted by Gasteiger charge is 2.29. The second kappa shape index (κ2) is 6.48. The molecule has 21 heavy (non-hydrogen) atoms. The van der Waals surface area contributed by atoms with Crippen LogP contribution in [-0.2, 0) is 11.3 Å². The summed E-state index contributed by atoms with van der Waals surface area (Å²) in [5.74, 6) is 0. The summed E-state index contributed by atoms with van der Waals surface area (Å²) in [6.07, 6.45) is 0.691. The van der Waals surface area contributed by atoms with Gasteiger partial charge >= 0.3 is 6.09 Å². The molecule has 1 saturated heterocycles. The summed E-state index contributed by atoms with van der Waals surface area (Å²) >= 11 is 0. The van der Waals surface area contributed by atoms with E-state index >= 15 is 0 Å². The number of hydrogen-bond donors (Lipinski definition) is 0. The van der Waals surface area contributed by atoms with E-state index in [0.29, 0.717) is 0 Å². The summed E-state index contributed by atoms with van der Waals surface area (Å²) in [4.78, 5) is 16.1. The Morgan fingerprint density at radius 3 is 2.62 bits per heavy atom. The number of amides is 1. The number of hydrogen-bond acceptors (Lipinski definition) is 3. The van der Waals surface area contributed by atoms with Gasteiger partial charge in [0.2, 0.25) is 0 Å². The number of benzene rings is 1. The fourth-order valence-electron chi connectivity index (χ4n) is 2.37. The summed E-state index contributed by atoms with van der Waals surface area (Å²) in [6.45, 7) is 8.73. The minimum absolute atomic E-state index is 0.00557. The quantitative estimate of drug-likeness (QED) is 0.857. The third-order valence-corrected chi connectivity index (χ3v) is 4.03. The Morgan fingerprint density at radius 1 is 1.33 bits per heavy atom. The molecular weight excluding hydrogens is 264 g/mol. The standard InChI is InChI=1S/C17H26N2O2/c1-17(2,3)18(4)16(20)21-15-10-11-19(13-15)12-14-8-6-5-7-9-14/h5-9,15H,10-13H2,1-4H3. The second-order valence-corrected chi connectivity index (χ2v) is 6.74. The maximum Gasteiger partial charge on any atom is 0.410 e. The first-order valence-corrected chi connectivity index (χ1v) is 7.57. The Labute approximate surface area is 127 Å². The van der Waals surface area contributed by atoms with Gasteiger partial charge in [0.1, 0.15) is 6.10 Å². The van der Waals surface area contributed by atoms with Crippen LogP contribution in [0.25, 0.3) is 0 Å². The minimum Gasteiger partial charge on any atom is -0.445 e. The zero-order valence-electron chi connectivity index (χ0n) is 13.5. The molecule has 1 unspecified atom stereocenters. The van der Waals surface area contributed by atoms with Gasteiger partial charge in [-0.2, -0.15) is 0 Å². The van der Waals surface area contributed by atoms with Crippen molar-refractivity contribution in [1.82, 2.24) is 9.80 Å². The van der Waals surface area contributed by atoms with Crippen LogP contribution < -0.4 is 0 Å². The van der Waals surface area contributed by atoms with Crippen LogP contribution in [0.5, 0.6) is 0 Å². The van der Waals surface area contributed by atoms with Gasteiger partial charge in [-0.15, -0.1) is 0 Å². The van der Waals surface area contributed by atoms with Crippen LogP contribution in [0, 0.1) is 0 Å². The fourth-order valence-corrected chi connectivity index (χ4v) is 2.37. The van der Waals surface area contributed by atoms with E-state index in [1.165, 1.54) is 5.56 Å². The lowest BCUT2D eigenvalue weighted by molar-refractivity contribution is 0.0499. The average Bonchev–Trinajstić information content (AvgIpc) is 2.85. The highest BCUT2D eigenvalue weighted by Crippen LogP contribution is 2.18. The first-order valence-electron chi connectivity index (χ1n) is 7.57. The summed E-state index contributed by atoms with van der Waals surface area (Å²) in [6, 6.07) is 10.4. The molecule has 0 saturated carbocycles. The molecule has 0 bridgehead atoms. The molecule has 1 amide bonds. The predicted molar refractivity (Wildman–Crippen MR) is 84.1 cm³/mol. The summed E-state index contributed by atoms with van der Waals surface area (Å²) in [5, 5.41) is 0. The van der Waals surface area contributed by atoms with E-state index < -0.39 is 0 Å². The van der Waals surface area contributed by atoms with Crippen LogP contribution in [0.1, 0.15) is 32.8 Å². The second-order valence-electron chi connectivity index (χ2n) is 6.74. The smallest absolute Gasteiger partial charge is 0.410 e. The zero-order chi connectivity index (χ0) is 15.5.